The average molecular weight is 245 g/mol. The largest absolute Gasteiger partial charge is 0.481 e. The van der Waals surface area contributed by atoms with Gasteiger partial charge in [-0.25, -0.2) is 0 Å². The molecule has 1 N–H and O–H groups in total. The number of carbonyl (C=O) groups is 2. The number of carboxylic acid groups (broad SMARTS) is 1. The predicted octanol–water partition coefficient (Wildman–Crippen LogP) is 1.45. The zero-order valence-electron chi connectivity index (χ0n) is 9.65. The van der Waals surface area contributed by atoms with Crippen molar-refractivity contribution in [2.75, 3.05) is 25.1 Å². The molecule has 0 spiro atoms. The number of piperidine rings is 1. The van der Waals surface area contributed by atoms with Crippen LogP contribution in [0, 0.1) is 5.92 Å². The lowest BCUT2D eigenvalue weighted by atomic mass is 9.92. The zero-order chi connectivity index (χ0) is 12.0. The van der Waals surface area contributed by atoms with E-state index in [1.54, 1.807) is 11.8 Å². The first kappa shape index (κ1) is 13.4. The molecule has 0 aromatic heterocycles. The van der Waals surface area contributed by atoms with Crippen molar-refractivity contribution in [1.29, 1.82) is 0 Å². The minimum atomic E-state index is -0.721. The third-order valence-corrected chi connectivity index (χ3v) is 3.54. The standard InChI is InChI=1S/C11H19NO3S/c1-16-8-10(13)12-6-4-9(5-7-12)2-3-11(14)15/h9H,2-8H2,1H3,(H,14,15). The Bertz CT molecular complexity index is 250. The van der Waals surface area contributed by atoms with Crippen LogP contribution in [0.4, 0.5) is 0 Å². The van der Waals surface area contributed by atoms with E-state index in [9.17, 15) is 9.59 Å². The third kappa shape index (κ3) is 4.43. The van der Waals surface area contributed by atoms with Gasteiger partial charge in [0.1, 0.15) is 0 Å². The molecule has 0 aromatic carbocycles. The van der Waals surface area contributed by atoms with Crippen LogP contribution in [0.3, 0.4) is 0 Å². The number of carboxylic acids is 1. The number of hydrogen-bond donors (Lipinski definition) is 1. The van der Waals surface area contributed by atoms with Crippen molar-refractivity contribution in [1.82, 2.24) is 4.90 Å². The average Bonchev–Trinajstić information content (AvgIpc) is 2.27. The quantitative estimate of drug-likeness (QED) is 0.796. The number of carbonyl (C=O) groups excluding carboxylic acids is 1. The molecule has 1 saturated heterocycles. The Labute approximate surface area is 100 Å². The summed E-state index contributed by atoms with van der Waals surface area (Å²) in [6.07, 6.45) is 4.83. The van der Waals surface area contributed by atoms with Gasteiger partial charge in [0.15, 0.2) is 0 Å². The van der Waals surface area contributed by atoms with Crippen molar-refractivity contribution in [3.63, 3.8) is 0 Å². The van der Waals surface area contributed by atoms with E-state index in [0.717, 1.165) is 32.4 Å². The summed E-state index contributed by atoms with van der Waals surface area (Å²) in [5.41, 5.74) is 0. The van der Waals surface area contributed by atoms with Crippen molar-refractivity contribution in [2.45, 2.75) is 25.7 Å². The Hall–Kier alpha value is -0.710. The molecular weight excluding hydrogens is 226 g/mol. The predicted molar refractivity (Wildman–Crippen MR) is 64.6 cm³/mol. The molecule has 1 heterocycles. The molecule has 1 aliphatic rings. The summed E-state index contributed by atoms with van der Waals surface area (Å²) in [5.74, 6) is 0.527. The first-order valence-corrected chi connectivity index (χ1v) is 7.01. The Morgan fingerprint density at radius 2 is 2.00 bits per heavy atom. The molecule has 0 radical (unpaired) electrons. The molecule has 1 amide bonds. The number of likely N-dealkylation sites (tertiary alicyclic amines) is 1. The smallest absolute Gasteiger partial charge is 0.303 e. The monoisotopic (exact) mass is 245 g/mol. The van der Waals surface area contributed by atoms with Gasteiger partial charge in [-0.1, -0.05) is 0 Å². The van der Waals surface area contributed by atoms with Gasteiger partial charge in [0.25, 0.3) is 0 Å². The van der Waals surface area contributed by atoms with Crippen molar-refractivity contribution in [2.24, 2.45) is 5.92 Å². The molecule has 0 atom stereocenters. The first-order valence-electron chi connectivity index (χ1n) is 5.62. The SMILES string of the molecule is CSCC(=O)N1CCC(CCC(=O)O)CC1. The van der Waals surface area contributed by atoms with E-state index in [0.29, 0.717) is 11.7 Å². The van der Waals surface area contributed by atoms with Gasteiger partial charge in [0.2, 0.25) is 5.91 Å². The van der Waals surface area contributed by atoms with Gasteiger partial charge in [0.05, 0.1) is 5.75 Å². The fourth-order valence-electron chi connectivity index (χ4n) is 2.01. The second kappa shape index (κ2) is 6.78. The Balaban J connectivity index is 2.23. The second-order valence-electron chi connectivity index (χ2n) is 4.19. The second-order valence-corrected chi connectivity index (χ2v) is 5.06. The Morgan fingerprint density at radius 1 is 1.38 bits per heavy atom. The van der Waals surface area contributed by atoms with Crippen LogP contribution >= 0.6 is 11.8 Å². The van der Waals surface area contributed by atoms with Crippen molar-refractivity contribution in [3.05, 3.63) is 0 Å². The molecule has 1 rings (SSSR count). The van der Waals surface area contributed by atoms with E-state index in [4.69, 9.17) is 5.11 Å². The van der Waals surface area contributed by atoms with Gasteiger partial charge >= 0.3 is 5.97 Å². The van der Waals surface area contributed by atoms with Crippen LogP contribution in [0.2, 0.25) is 0 Å². The lowest BCUT2D eigenvalue weighted by molar-refractivity contribution is -0.137. The molecular formula is C11H19NO3S. The maximum atomic E-state index is 11.6. The molecule has 1 fully saturated rings. The molecule has 0 aliphatic carbocycles. The number of rotatable bonds is 5. The van der Waals surface area contributed by atoms with Crippen LogP contribution in [-0.4, -0.2) is 47.0 Å². The number of hydrogen-bond acceptors (Lipinski definition) is 3. The third-order valence-electron chi connectivity index (χ3n) is 3.00. The summed E-state index contributed by atoms with van der Waals surface area (Å²) in [4.78, 5) is 23.9. The van der Waals surface area contributed by atoms with Crippen molar-refractivity contribution in [3.8, 4) is 0 Å². The maximum absolute atomic E-state index is 11.6. The zero-order valence-corrected chi connectivity index (χ0v) is 10.5. The van der Waals surface area contributed by atoms with E-state index < -0.39 is 5.97 Å². The summed E-state index contributed by atoms with van der Waals surface area (Å²) < 4.78 is 0. The van der Waals surface area contributed by atoms with Crippen LogP contribution in [-0.2, 0) is 9.59 Å². The Kier molecular flexibility index (Phi) is 5.66. The van der Waals surface area contributed by atoms with Gasteiger partial charge in [-0.3, -0.25) is 9.59 Å². The fraction of sp³-hybridized carbons (Fsp3) is 0.818. The summed E-state index contributed by atoms with van der Waals surface area (Å²) in [6, 6.07) is 0. The highest BCUT2D eigenvalue weighted by atomic mass is 32.2. The molecule has 5 heteroatoms. The highest BCUT2D eigenvalue weighted by Crippen LogP contribution is 2.22. The Morgan fingerprint density at radius 3 is 2.50 bits per heavy atom. The highest BCUT2D eigenvalue weighted by molar-refractivity contribution is 7.99. The van der Waals surface area contributed by atoms with E-state index in [2.05, 4.69) is 0 Å². The van der Waals surface area contributed by atoms with Crippen molar-refractivity contribution < 1.29 is 14.7 Å². The van der Waals surface area contributed by atoms with E-state index in [1.807, 2.05) is 11.2 Å². The molecule has 0 saturated carbocycles. The van der Waals surface area contributed by atoms with Gasteiger partial charge in [-0.2, -0.15) is 11.8 Å². The minimum absolute atomic E-state index is 0.212. The molecule has 16 heavy (non-hydrogen) atoms. The lowest BCUT2D eigenvalue weighted by Crippen LogP contribution is -2.39. The van der Waals surface area contributed by atoms with Gasteiger partial charge in [0, 0.05) is 19.5 Å². The fourth-order valence-corrected chi connectivity index (χ4v) is 2.44. The maximum Gasteiger partial charge on any atom is 0.303 e. The molecule has 0 bridgehead atoms. The topological polar surface area (TPSA) is 57.6 Å². The normalized spacial score (nSPS) is 17.4. The summed E-state index contributed by atoms with van der Waals surface area (Å²) in [7, 11) is 0. The summed E-state index contributed by atoms with van der Waals surface area (Å²) in [6.45, 7) is 1.59. The first-order chi connectivity index (χ1) is 7.63. The molecule has 4 nitrogen and oxygen atoms in total. The van der Waals surface area contributed by atoms with Gasteiger partial charge < -0.3 is 10.0 Å². The van der Waals surface area contributed by atoms with E-state index >= 15 is 0 Å². The number of nitrogens with zero attached hydrogens (tertiary/aromatic N) is 1. The molecule has 1 aliphatic heterocycles. The summed E-state index contributed by atoms with van der Waals surface area (Å²) in [5, 5.41) is 8.59. The van der Waals surface area contributed by atoms with E-state index in [1.165, 1.54) is 0 Å². The molecule has 0 unspecified atom stereocenters. The van der Waals surface area contributed by atoms with Gasteiger partial charge in [-0.15, -0.1) is 0 Å². The number of aliphatic carboxylic acids is 1. The van der Waals surface area contributed by atoms with Crippen LogP contribution in [0.1, 0.15) is 25.7 Å². The van der Waals surface area contributed by atoms with Crippen LogP contribution in [0.25, 0.3) is 0 Å². The van der Waals surface area contributed by atoms with Crippen LogP contribution in [0.5, 0.6) is 0 Å². The van der Waals surface area contributed by atoms with Gasteiger partial charge in [-0.05, 0) is 31.4 Å². The molecule has 92 valence electrons. The summed E-state index contributed by atoms with van der Waals surface area (Å²) >= 11 is 1.55. The van der Waals surface area contributed by atoms with Crippen LogP contribution in [0.15, 0.2) is 0 Å². The molecule has 0 aromatic rings. The lowest BCUT2D eigenvalue weighted by Gasteiger charge is -2.31. The highest BCUT2D eigenvalue weighted by Gasteiger charge is 2.22. The number of amides is 1. The number of thioether (sulfide) groups is 1. The van der Waals surface area contributed by atoms with Crippen LogP contribution < -0.4 is 0 Å². The minimum Gasteiger partial charge on any atom is -0.481 e. The van der Waals surface area contributed by atoms with Crippen molar-refractivity contribution >= 4 is 23.6 Å². The van der Waals surface area contributed by atoms with E-state index in [-0.39, 0.29) is 12.3 Å².